The predicted octanol–water partition coefficient (Wildman–Crippen LogP) is 4.23. The van der Waals surface area contributed by atoms with E-state index in [0.29, 0.717) is 9.90 Å². The number of carboxylic acids is 1. The smallest absolute Gasteiger partial charge is 0.408 e. The highest BCUT2D eigenvalue weighted by molar-refractivity contribution is 7.20. The van der Waals surface area contributed by atoms with Gasteiger partial charge in [-0.1, -0.05) is 34.8 Å². The van der Waals surface area contributed by atoms with Crippen LogP contribution in [0.25, 0.3) is 0 Å². The van der Waals surface area contributed by atoms with Gasteiger partial charge in [0.15, 0.2) is 0 Å². The fraction of sp³-hybridized carbons (Fsp3) is 0.500. The summed E-state index contributed by atoms with van der Waals surface area (Å²) in [6.45, 7) is 5.03. The Bertz CT molecular complexity index is 553. The van der Waals surface area contributed by atoms with E-state index < -0.39 is 23.7 Å². The van der Waals surface area contributed by atoms with E-state index in [0.717, 1.165) is 11.3 Å². The SMILES string of the molecule is CC(C)(C)OC(=O)NC(Cc1c(Cl)sc(Cl)c1Cl)C(=O)O. The first-order chi connectivity index (χ1) is 9.51. The number of carboxylic acid groups (broad SMARTS) is 1. The predicted molar refractivity (Wildman–Crippen MR) is 83.8 cm³/mol. The number of aliphatic carboxylic acids is 1. The lowest BCUT2D eigenvalue weighted by atomic mass is 10.1. The molecule has 2 N–H and O–H groups in total. The van der Waals surface area contributed by atoms with Gasteiger partial charge in [0.2, 0.25) is 0 Å². The lowest BCUT2D eigenvalue weighted by molar-refractivity contribution is -0.139. The Morgan fingerprint density at radius 1 is 1.29 bits per heavy atom. The van der Waals surface area contributed by atoms with Crippen molar-refractivity contribution < 1.29 is 19.4 Å². The van der Waals surface area contributed by atoms with Crippen molar-refractivity contribution in [3.05, 3.63) is 19.3 Å². The van der Waals surface area contributed by atoms with Gasteiger partial charge in [-0.2, -0.15) is 0 Å². The maximum absolute atomic E-state index is 11.7. The molecule has 0 aromatic carbocycles. The Labute approximate surface area is 141 Å². The van der Waals surface area contributed by atoms with Gasteiger partial charge < -0.3 is 15.2 Å². The molecule has 0 saturated carbocycles. The number of halogens is 3. The molecule has 1 unspecified atom stereocenters. The first kappa shape index (κ1) is 18.4. The van der Waals surface area contributed by atoms with Crippen LogP contribution in [0.15, 0.2) is 0 Å². The monoisotopic (exact) mass is 373 g/mol. The molecule has 0 spiro atoms. The van der Waals surface area contributed by atoms with Crippen LogP contribution < -0.4 is 5.32 Å². The number of hydrogen-bond acceptors (Lipinski definition) is 4. The minimum atomic E-state index is -1.23. The topological polar surface area (TPSA) is 75.6 Å². The summed E-state index contributed by atoms with van der Waals surface area (Å²) in [5, 5.41) is 11.7. The van der Waals surface area contributed by atoms with Gasteiger partial charge in [-0.3, -0.25) is 0 Å². The number of nitrogens with one attached hydrogen (secondary N) is 1. The maximum Gasteiger partial charge on any atom is 0.408 e. The number of thiophene rings is 1. The molecule has 1 aromatic heterocycles. The van der Waals surface area contributed by atoms with E-state index in [-0.39, 0.29) is 15.8 Å². The Morgan fingerprint density at radius 2 is 1.86 bits per heavy atom. The van der Waals surface area contributed by atoms with Crippen LogP contribution in [0.4, 0.5) is 4.79 Å². The first-order valence-electron chi connectivity index (χ1n) is 5.85. The Morgan fingerprint density at radius 3 is 2.24 bits per heavy atom. The van der Waals surface area contributed by atoms with E-state index in [2.05, 4.69) is 5.32 Å². The van der Waals surface area contributed by atoms with E-state index in [4.69, 9.17) is 39.5 Å². The molecule has 1 atom stereocenters. The number of carbonyl (C=O) groups excluding carboxylic acids is 1. The van der Waals surface area contributed by atoms with Crippen LogP contribution in [0.2, 0.25) is 13.7 Å². The molecule has 1 aromatic rings. The fourth-order valence-electron chi connectivity index (χ4n) is 1.41. The van der Waals surface area contributed by atoms with Gasteiger partial charge in [0.05, 0.1) is 9.36 Å². The molecule has 0 aliphatic rings. The standard InChI is InChI=1S/C12H14Cl3NO4S/c1-12(2,3)20-11(19)16-6(10(17)18)4-5-7(13)9(15)21-8(5)14/h6H,4H2,1-3H3,(H,16,19)(H,17,18). The van der Waals surface area contributed by atoms with Crippen molar-refractivity contribution >= 4 is 58.2 Å². The summed E-state index contributed by atoms with van der Waals surface area (Å²) in [6, 6.07) is -1.22. The second kappa shape index (κ2) is 7.05. The summed E-state index contributed by atoms with van der Waals surface area (Å²) in [6.07, 6.45) is -0.918. The van der Waals surface area contributed by atoms with Crippen LogP contribution in [0.1, 0.15) is 26.3 Å². The van der Waals surface area contributed by atoms with Crippen molar-refractivity contribution in [2.45, 2.75) is 38.8 Å². The summed E-state index contributed by atoms with van der Waals surface area (Å²) in [7, 11) is 0. The van der Waals surface area contributed by atoms with Gasteiger partial charge >= 0.3 is 12.1 Å². The molecule has 21 heavy (non-hydrogen) atoms. The molecule has 1 rings (SSSR count). The number of carbonyl (C=O) groups is 2. The zero-order valence-electron chi connectivity index (χ0n) is 11.5. The molecule has 1 amide bonds. The van der Waals surface area contributed by atoms with Crippen LogP contribution >= 0.6 is 46.1 Å². The summed E-state index contributed by atoms with van der Waals surface area (Å²) < 4.78 is 5.59. The minimum absolute atomic E-state index is 0.0878. The molecular weight excluding hydrogens is 361 g/mol. The summed E-state index contributed by atoms with van der Waals surface area (Å²) in [4.78, 5) is 22.9. The van der Waals surface area contributed by atoms with Gasteiger partial charge in [0.1, 0.15) is 16.0 Å². The Kier molecular flexibility index (Phi) is 6.16. The molecule has 0 saturated heterocycles. The molecule has 0 aliphatic carbocycles. The molecule has 0 radical (unpaired) electrons. The average molecular weight is 375 g/mol. The molecular formula is C12H14Cl3NO4S. The second-order valence-electron chi connectivity index (χ2n) is 5.18. The van der Waals surface area contributed by atoms with Crippen molar-refractivity contribution in [3.8, 4) is 0 Å². The highest BCUT2D eigenvalue weighted by atomic mass is 35.5. The van der Waals surface area contributed by atoms with Crippen molar-refractivity contribution in [1.82, 2.24) is 5.32 Å². The fourth-order valence-corrected chi connectivity index (χ4v) is 3.35. The van der Waals surface area contributed by atoms with Crippen LogP contribution in [0.5, 0.6) is 0 Å². The third-order valence-electron chi connectivity index (χ3n) is 2.25. The van der Waals surface area contributed by atoms with E-state index in [1.54, 1.807) is 20.8 Å². The van der Waals surface area contributed by atoms with Crippen molar-refractivity contribution in [3.63, 3.8) is 0 Å². The average Bonchev–Trinajstić information content (AvgIpc) is 2.52. The quantitative estimate of drug-likeness (QED) is 0.827. The van der Waals surface area contributed by atoms with Crippen molar-refractivity contribution in [1.29, 1.82) is 0 Å². The highest BCUT2D eigenvalue weighted by Crippen LogP contribution is 2.40. The number of amides is 1. The Hall–Kier alpha value is -0.690. The van der Waals surface area contributed by atoms with Crippen LogP contribution in [0.3, 0.4) is 0 Å². The Balaban J connectivity index is 2.84. The molecule has 5 nitrogen and oxygen atoms in total. The van der Waals surface area contributed by atoms with E-state index in [9.17, 15) is 14.7 Å². The molecule has 0 bridgehead atoms. The molecule has 0 fully saturated rings. The lowest BCUT2D eigenvalue weighted by Crippen LogP contribution is -2.44. The zero-order valence-corrected chi connectivity index (χ0v) is 14.6. The van der Waals surface area contributed by atoms with Gasteiger partial charge in [-0.05, 0) is 20.8 Å². The summed E-state index contributed by atoms with van der Waals surface area (Å²) in [5.74, 6) is -1.23. The summed E-state index contributed by atoms with van der Waals surface area (Å²) >= 11 is 18.8. The first-order valence-corrected chi connectivity index (χ1v) is 7.80. The number of hydrogen-bond donors (Lipinski definition) is 2. The number of ether oxygens (including phenoxy) is 1. The van der Waals surface area contributed by atoms with E-state index >= 15 is 0 Å². The minimum Gasteiger partial charge on any atom is -0.480 e. The van der Waals surface area contributed by atoms with Gasteiger partial charge in [-0.15, -0.1) is 11.3 Å². The molecule has 0 aliphatic heterocycles. The van der Waals surface area contributed by atoms with Gasteiger partial charge in [0.25, 0.3) is 0 Å². The normalized spacial score (nSPS) is 12.9. The number of rotatable bonds is 4. The second-order valence-corrected chi connectivity index (χ2v) is 7.79. The third kappa shape index (κ3) is 5.54. The summed E-state index contributed by atoms with van der Waals surface area (Å²) in [5.41, 5.74) is -0.342. The van der Waals surface area contributed by atoms with Gasteiger partial charge in [0, 0.05) is 12.0 Å². The van der Waals surface area contributed by atoms with Crippen molar-refractivity contribution in [2.24, 2.45) is 0 Å². The third-order valence-corrected chi connectivity index (χ3v) is 4.57. The lowest BCUT2D eigenvalue weighted by Gasteiger charge is -2.22. The molecule has 9 heteroatoms. The molecule has 118 valence electrons. The largest absolute Gasteiger partial charge is 0.480 e. The molecule has 1 heterocycles. The van der Waals surface area contributed by atoms with E-state index in [1.807, 2.05) is 0 Å². The van der Waals surface area contributed by atoms with Gasteiger partial charge in [-0.25, -0.2) is 9.59 Å². The van der Waals surface area contributed by atoms with E-state index in [1.165, 1.54) is 0 Å². The zero-order chi connectivity index (χ0) is 16.4. The van der Waals surface area contributed by atoms with Crippen molar-refractivity contribution in [2.75, 3.05) is 0 Å². The van der Waals surface area contributed by atoms with Crippen LogP contribution in [-0.2, 0) is 16.0 Å². The van der Waals surface area contributed by atoms with Crippen LogP contribution in [-0.4, -0.2) is 28.8 Å². The maximum atomic E-state index is 11.7. The van der Waals surface area contributed by atoms with Crippen LogP contribution in [0, 0.1) is 0 Å². The highest BCUT2D eigenvalue weighted by Gasteiger charge is 2.27. The number of alkyl carbamates (subject to hydrolysis) is 1.